The number of phosphoric acid groups is 2. The molecule has 0 aliphatic rings. The molecule has 0 aliphatic carbocycles. The monoisotopic (exact) mass is 1480 g/mol. The minimum absolute atomic E-state index is 0.101. The van der Waals surface area contributed by atoms with Gasteiger partial charge in [0, 0.05) is 25.7 Å². The molecule has 0 aliphatic heterocycles. The first-order valence-corrected chi connectivity index (χ1v) is 44.7. The largest absolute Gasteiger partial charge is 0.472 e. The summed E-state index contributed by atoms with van der Waals surface area (Å²) in [6.45, 7) is 11.8. The molecule has 0 aromatic heterocycles. The van der Waals surface area contributed by atoms with Crippen LogP contribution >= 0.6 is 15.6 Å². The van der Waals surface area contributed by atoms with E-state index in [1.807, 2.05) is 0 Å². The molecule has 0 fully saturated rings. The van der Waals surface area contributed by atoms with Crippen LogP contribution in [0.25, 0.3) is 0 Å². The lowest BCUT2D eigenvalue weighted by molar-refractivity contribution is -0.161. The van der Waals surface area contributed by atoms with Crippen LogP contribution in [0.2, 0.25) is 0 Å². The van der Waals surface area contributed by atoms with Crippen molar-refractivity contribution in [3.63, 3.8) is 0 Å². The third-order valence-corrected chi connectivity index (χ3v) is 20.4. The van der Waals surface area contributed by atoms with Gasteiger partial charge in [-0.3, -0.25) is 37.3 Å². The molecule has 17 nitrogen and oxygen atoms in total. The zero-order valence-electron chi connectivity index (χ0n) is 65.9. The first-order chi connectivity index (χ1) is 48.7. The molecule has 101 heavy (non-hydrogen) atoms. The van der Waals surface area contributed by atoms with E-state index in [1.54, 1.807) is 0 Å². The summed E-state index contributed by atoms with van der Waals surface area (Å²) in [6, 6.07) is 0. The van der Waals surface area contributed by atoms with Crippen molar-refractivity contribution in [2.45, 2.75) is 420 Å². The highest BCUT2D eigenvalue weighted by Crippen LogP contribution is 2.45. The SMILES string of the molecule is CCCCCC/C=C\C=C/CCCCCCCC(=O)OC[C@H](COP(=O)(O)OC[C@@H](O)COP(=O)(O)OC[C@@H](COC(=O)CCCCCCCCC(C)C)OC(=O)CCCCCCCCCCCCCCCC(C)C)OC(=O)CCCCCCCCCCCCCCCCCCCCC(C)C. The molecule has 596 valence electrons. The second kappa shape index (κ2) is 71.8. The summed E-state index contributed by atoms with van der Waals surface area (Å²) >= 11 is 0. The molecule has 0 bridgehead atoms. The molecular formula is C82H156O17P2. The van der Waals surface area contributed by atoms with Crippen LogP contribution in [-0.2, 0) is 65.4 Å². The Bertz CT molecular complexity index is 2050. The highest BCUT2D eigenvalue weighted by molar-refractivity contribution is 7.47. The summed E-state index contributed by atoms with van der Waals surface area (Å²) in [5.41, 5.74) is 0. The van der Waals surface area contributed by atoms with Gasteiger partial charge in [0.05, 0.1) is 26.4 Å². The molecule has 0 rings (SSSR count). The van der Waals surface area contributed by atoms with E-state index < -0.39 is 97.5 Å². The molecule has 0 saturated carbocycles. The van der Waals surface area contributed by atoms with Crippen molar-refractivity contribution in [3.05, 3.63) is 24.3 Å². The number of aliphatic hydroxyl groups is 1. The Kier molecular flexibility index (Phi) is 70.0. The number of allylic oxidation sites excluding steroid dienone is 4. The molecule has 0 aromatic rings. The highest BCUT2D eigenvalue weighted by atomic mass is 31.2. The molecule has 2 unspecified atom stereocenters. The fourth-order valence-electron chi connectivity index (χ4n) is 12.1. The number of hydrogen-bond donors (Lipinski definition) is 3. The van der Waals surface area contributed by atoms with Gasteiger partial charge in [-0.05, 0) is 69.1 Å². The van der Waals surface area contributed by atoms with Crippen LogP contribution in [0.1, 0.15) is 402 Å². The van der Waals surface area contributed by atoms with Crippen molar-refractivity contribution in [2.75, 3.05) is 39.6 Å². The molecule has 0 aromatic carbocycles. The lowest BCUT2D eigenvalue weighted by atomic mass is 10.0. The van der Waals surface area contributed by atoms with E-state index in [4.69, 9.17) is 37.0 Å². The van der Waals surface area contributed by atoms with E-state index in [2.05, 4.69) is 72.8 Å². The number of rotatable bonds is 78. The molecule has 0 radical (unpaired) electrons. The summed E-state index contributed by atoms with van der Waals surface area (Å²) in [6.07, 6.45) is 63.5. The molecule has 0 heterocycles. The van der Waals surface area contributed by atoms with E-state index in [1.165, 1.54) is 186 Å². The molecule has 0 spiro atoms. The van der Waals surface area contributed by atoms with Gasteiger partial charge in [0.2, 0.25) is 0 Å². The zero-order valence-corrected chi connectivity index (χ0v) is 67.6. The quantitative estimate of drug-likeness (QED) is 0.0169. The number of ether oxygens (including phenoxy) is 4. The maximum Gasteiger partial charge on any atom is 0.472 e. The Labute approximate surface area is 618 Å². The number of unbranched alkanes of at least 4 members (excludes halogenated alkanes) is 43. The maximum absolute atomic E-state index is 13.1. The summed E-state index contributed by atoms with van der Waals surface area (Å²) in [7, 11) is -9.93. The van der Waals surface area contributed by atoms with Crippen molar-refractivity contribution in [1.82, 2.24) is 0 Å². The average molecular weight is 1480 g/mol. The van der Waals surface area contributed by atoms with Crippen molar-refractivity contribution in [1.29, 1.82) is 0 Å². The third kappa shape index (κ3) is 75.6. The standard InChI is InChI=1S/C82H156O17P2/c1-8-9-10-11-12-13-14-15-20-26-31-36-41-49-56-63-79(84)92-69-77(98-81(86)65-58-51-42-37-32-27-22-19-17-16-18-21-24-29-34-39-46-53-60-73(2)3)71-96-100(88,89)94-67-76(83)68-95-101(90,91)97-72-78(70-93-80(85)64-57-50-45-44-48-55-62-75(6)7)99-82(87)66-59-52-43-38-33-28-23-25-30-35-40-47-54-61-74(4)5/h13-15,20,73-78,83H,8-12,16-19,21-72H2,1-7H3,(H,88,89)(H,90,91)/b14-13-,20-15-/t76-,77-,78-/m1/s1. The third-order valence-electron chi connectivity index (χ3n) is 18.5. The molecule has 19 heteroatoms. The average Bonchev–Trinajstić information content (AvgIpc) is 0.935. The molecule has 5 atom stereocenters. The van der Waals surface area contributed by atoms with Crippen LogP contribution in [0.3, 0.4) is 0 Å². The minimum atomic E-state index is -4.97. The first-order valence-electron chi connectivity index (χ1n) is 41.7. The van der Waals surface area contributed by atoms with Crippen LogP contribution in [0, 0.1) is 17.8 Å². The zero-order chi connectivity index (χ0) is 74.4. The van der Waals surface area contributed by atoms with Gasteiger partial charge in [-0.1, -0.05) is 349 Å². The van der Waals surface area contributed by atoms with E-state index in [0.29, 0.717) is 31.6 Å². The van der Waals surface area contributed by atoms with Crippen molar-refractivity contribution in [3.8, 4) is 0 Å². The predicted molar refractivity (Wildman–Crippen MR) is 414 cm³/mol. The summed E-state index contributed by atoms with van der Waals surface area (Å²) in [5, 5.41) is 10.6. The number of carbonyl (C=O) groups is 4. The van der Waals surface area contributed by atoms with Gasteiger partial charge in [0.15, 0.2) is 12.2 Å². The Balaban J connectivity index is 5.24. The molecule has 3 N–H and O–H groups in total. The van der Waals surface area contributed by atoms with Gasteiger partial charge in [0.1, 0.15) is 19.3 Å². The Morgan fingerprint density at radius 3 is 0.802 bits per heavy atom. The van der Waals surface area contributed by atoms with Gasteiger partial charge in [-0.2, -0.15) is 0 Å². The number of aliphatic hydroxyl groups excluding tert-OH is 1. The van der Waals surface area contributed by atoms with Crippen LogP contribution in [0.5, 0.6) is 0 Å². The van der Waals surface area contributed by atoms with Gasteiger partial charge in [-0.25, -0.2) is 9.13 Å². The fourth-order valence-corrected chi connectivity index (χ4v) is 13.7. The van der Waals surface area contributed by atoms with E-state index in [-0.39, 0.29) is 25.7 Å². The second-order valence-corrected chi connectivity index (χ2v) is 33.2. The lowest BCUT2D eigenvalue weighted by Gasteiger charge is -2.21. The highest BCUT2D eigenvalue weighted by Gasteiger charge is 2.30. The summed E-state index contributed by atoms with van der Waals surface area (Å²) in [4.78, 5) is 73.0. The summed E-state index contributed by atoms with van der Waals surface area (Å²) in [5.74, 6) is 0.139. The summed E-state index contributed by atoms with van der Waals surface area (Å²) < 4.78 is 68.6. The smallest absolute Gasteiger partial charge is 0.462 e. The molecule has 0 amide bonds. The first kappa shape index (κ1) is 98.5. The van der Waals surface area contributed by atoms with Gasteiger partial charge in [0.25, 0.3) is 0 Å². The molecular weight excluding hydrogens is 1320 g/mol. The van der Waals surface area contributed by atoms with Crippen LogP contribution in [0.4, 0.5) is 0 Å². The number of phosphoric ester groups is 2. The molecule has 0 saturated heterocycles. The van der Waals surface area contributed by atoms with Crippen LogP contribution in [0.15, 0.2) is 24.3 Å². The van der Waals surface area contributed by atoms with Crippen LogP contribution < -0.4 is 0 Å². The normalized spacial score (nSPS) is 14.1. The van der Waals surface area contributed by atoms with Gasteiger partial charge in [-0.15, -0.1) is 0 Å². The Morgan fingerprint density at radius 2 is 0.535 bits per heavy atom. The topological polar surface area (TPSA) is 237 Å². The second-order valence-electron chi connectivity index (χ2n) is 30.3. The number of esters is 4. The van der Waals surface area contributed by atoms with Crippen LogP contribution in [-0.4, -0.2) is 96.7 Å². The van der Waals surface area contributed by atoms with Gasteiger partial charge < -0.3 is 33.8 Å². The van der Waals surface area contributed by atoms with Crippen molar-refractivity contribution >= 4 is 39.5 Å². The number of carbonyl (C=O) groups excluding carboxylic acids is 4. The van der Waals surface area contributed by atoms with Crippen molar-refractivity contribution in [2.24, 2.45) is 17.8 Å². The lowest BCUT2D eigenvalue weighted by Crippen LogP contribution is -2.30. The fraction of sp³-hybridized carbons (Fsp3) is 0.902. The predicted octanol–water partition coefficient (Wildman–Crippen LogP) is 24.1. The minimum Gasteiger partial charge on any atom is -0.462 e. The van der Waals surface area contributed by atoms with E-state index in [0.717, 1.165) is 127 Å². The Hall–Kier alpha value is -2.46. The maximum atomic E-state index is 13.1. The van der Waals surface area contributed by atoms with Gasteiger partial charge >= 0.3 is 39.5 Å². The number of hydrogen-bond acceptors (Lipinski definition) is 15. The van der Waals surface area contributed by atoms with E-state index in [9.17, 15) is 43.2 Å². The Morgan fingerprint density at radius 1 is 0.307 bits per heavy atom. The van der Waals surface area contributed by atoms with Crippen molar-refractivity contribution < 1.29 is 80.2 Å². The van der Waals surface area contributed by atoms with E-state index >= 15 is 0 Å².